The van der Waals surface area contributed by atoms with E-state index >= 15 is 0 Å². The van der Waals surface area contributed by atoms with Gasteiger partial charge >= 0.3 is 86.6 Å². The Hall–Kier alpha value is -0.501. The number of rotatable bonds is 1. The minimum absolute atomic E-state index is 0.131. The van der Waals surface area contributed by atoms with Crippen LogP contribution < -0.4 is 5.56 Å². The Morgan fingerprint density at radius 3 is 3.00 bits per heavy atom. The van der Waals surface area contributed by atoms with Crippen molar-refractivity contribution in [2.75, 3.05) is 0 Å². The second kappa shape index (κ2) is 3.33. The first-order chi connectivity index (χ1) is 6.22. The monoisotopic (exact) mass is 261 g/mol. The van der Waals surface area contributed by atoms with Crippen LogP contribution in [-0.2, 0) is 6.54 Å². The Bertz CT molecular complexity index is 500. The van der Waals surface area contributed by atoms with Gasteiger partial charge in [-0.25, -0.2) is 0 Å². The molecule has 0 aliphatic carbocycles. The molecule has 0 unspecified atom stereocenters. The molecule has 13 heavy (non-hydrogen) atoms. The molecule has 1 aromatic heterocycles. The normalized spacial score (nSPS) is 10.9. The molecule has 0 amide bonds. The zero-order chi connectivity index (χ0) is 9.42. The molecule has 0 fully saturated rings. The summed E-state index contributed by atoms with van der Waals surface area (Å²) in [7, 11) is 0. The molecular weight excluding hydrogens is 253 g/mol. The second-order valence-electron chi connectivity index (χ2n) is 2.73. The van der Waals surface area contributed by atoms with E-state index in [2.05, 4.69) is 0 Å². The van der Waals surface area contributed by atoms with E-state index in [0.717, 1.165) is 16.2 Å². The molecule has 1 heterocycles. The van der Waals surface area contributed by atoms with Crippen LogP contribution in [0.5, 0.6) is 0 Å². The molecule has 0 spiro atoms. The van der Waals surface area contributed by atoms with E-state index in [1.54, 1.807) is 6.07 Å². The van der Waals surface area contributed by atoms with Gasteiger partial charge in [0, 0.05) is 0 Å². The van der Waals surface area contributed by atoms with Crippen molar-refractivity contribution in [3.63, 3.8) is 0 Å². The second-order valence-corrected chi connectivity index (χ2v) is 5.40. The predicted octanol–water partition coefficient (Wildman–Crippen LogP) is 1.73. The van der Waals surface area contributed by atoms with Gasteiger partial charge in [-0.05, 0) is 0 Å². The van der Waals surface area contributed by atoms with E-state index < -0.39 is 0 Å². The molecule has 4 heteroatoms. The van der Waals surface area contributed by atoms with Gasteiger partial charge in [0.2, 0.25) is 0 Å². The van der Waals surface area contributed by atoms with Gasteiger partial charge in [0.05, 0.1) is 0 Å². The molecular formula is C9H8ClNOSe. The van der Waals surface area contributed by atoms with Crippen molar-refractivity contribution >= 4 is 36.0 Å². The molecule has 0 N–H and O–H groups in total. The summed E-state index contributed by atoms with van der Waals surface area (Å²) in [6.07, 6.45) is 0. The van der Waals surface area contributed by atoms with Crippen LogP contribution in [0.25, 0.3) is 9.65 Å². The van der Waals surface area contributed by atoms with E-state index in [4.69, 9.17) is 11.6 Å². The number of hydrogen-bond acceptors (Lipinski definition) is 1. The van der Waals surface area contributed by atoms with Gasteiger partial charge in [-0.1, -0.05) is 0 Å². The molecule has 0 saturated carbocycles. The third kappa shape index (κ3) is 1.48. The number of aryl methyl sites for hydroxylation is 1. The van der Waals surface area contributed by atoms with E-state index in [-0.39, 0.29) is 20.3 Å². The van der Waals surface area contributed by atoms with Crippen molar-refractivity contribution in [1.29, 1.82) is 0 Å². The predicted molar refractivity (Wildman–Crippen MR) is 55.8 cm³/mol. The van der Waals surface area contributed by atoms with Crippen molar-refractivity contribution in [3.05, 3.63) is 33.6 Å². The van der Waals surface area contributed by atoms with Crippen molar-refractivity contribution in [3.8, 4) is 0 Å². The van der Waals surface area contributed by atoms with Crippen LogP contribution in [0.2, 0.25) is 5.02 Å². The van der Waals surface area contributed by atoms with Crippen molar-refractivity contribution in [1.82, 2.24) is 3.56 Å². The van der Waals surface area contributed by atoms with Crippen LogP contribution in [0.1, 0.15) is 6.92 Å². The summed E-state index contributed by atoms with van der Waals surface area (Å²) in [4.78, 5) is 11.6. The number of aromatic nitrogens is 1. The number of fused-ring (bicyclic) bond motifs is 1. The van der Waals surface area contributed by atoms with Crippen LogP contribution in [0.3, 0.4) is 0 Å². The van der Waals surface area contributed by atoms with Crippen LogP contribution in [-0.4, -0.2) is 18.3 Å². The molecule has 0 atom stereocenters. The number of benzene rings is 1. The SMILES string of the molecule is CCn1[se]c2cc(Cl)ccc2c1=O. The van der Waals surface area contributed by atoms with E-state index in [1.807, 2.05) is 22.6 Å². The Morgan fingerprint density at radius 2 is 2.31 bits per heavy atom. The van der Waals surface area contributed by atoms with E-state index in [9.17, 15) is 4.79 Å². The number of halogens is 1. The van der Waals surface area contributed by atoms with Gasteiger partial charge in [-0.15, -0.1) is 0 Å². The molecule has 0 saturated heterocycles. The van der Waals surface area contributed by atoms with E-state index in [1.165, 1.54) is 0 Å². The van der Waals surface area contributed by atoms with Crippen molar-refractivity contribution < 1.29 is 0 Å². The van der Waals surface area contributed by atoms with Crippen LogP contribution in [0.4, 0.5) is 0 Å². The molecule has 0 aliphatic rings. The van der Waals surface area contributed by atoms with Gasteiger partial charge < -0.3 is 0 Å². The van der Waals surface area contributed by atoms with Gasteiger partial charge in [0.1, 0.15) is 0 Å². The van der Waals surface area contributed by atoms with Crippen LogP contribution >= 0.6 is 11.6 Å². The first kappa shape index (κ1) is 9.07. The Labute approximate surface area is 86.7 Å². The maximum absolute atomic E-state index is 11.6. The third-order valence-corrected chi connectivity index (χ3v) is 4.60. The Morgan fingerprint density at radius 1 is 1.54 bits per heavy atom. The molecule has 2 aromatic rings. The molecule has 0 radical (unpaired) electrons. The van der Waals surface area contributed by atoms with Gasteiger partial charge in [-0.3, -0.25) is 0 Å². The summed E-state index contributed by atoms with van der Waals surface area (Å²) >= 11 is 5.97. The van der Waals surface area contributed by atoms with Crippen LogP contribution in [0.15, 0.2) is 23.0 Å². The van der Waals surface area contributed by atoms with Gasteiger partial charge in [0.15, 0.2) is 0 Å². The molecule has 0 aliphatic heterocycles. The fraction of sp³-hybridized carbons (Fsp3) is 0.222. The molecule has 68 valence electrons. The van der Waals surface area contributed by atoms with Gasteiger partial charge in [-0.2, -0.15) is 0 Å². The van der Waals surface area contributed by atoms with Crippen LogP contribution in [0, 0.1) is 0 Å². The number of nitrogens with zero attached hydrogens (tertiary/aromatic N) is 1. The summed E-state index contributed by atoms with van der Waals surface area (Å²) < 4.78 is 2.97. The van der Waals surface area contributed by atoms with Crippen molar-refractivity contribution in [2.24, 2.45) is 0 Å². The first-order valence-electron chi connectivity index (χ1n) is 4.01. The summed E-state index contributed by atoms with van der Waals surface area (Å²) in [5.74, 6) is 0. The minimum atomic E-state index is 0.131. The zero-order valence-electron chi connectivity index (χ0n) is 7.08. The van der Waals surface area contributed by atoms with E-state index in [0.29, 0.717) is 5.02 Å². The molecule has 1 aromatic carbocycles. The average Bonchev–Trinajstić information content (AvgIpc) is 2.42. The fourth-order valence-electron chi connectivity index (χ4n) is 1.25. The topological polar surface area (TPSA) is 22.0 Å². The summed E-state index contributed by atoms with van der Waals surface area (Å²) in [6, 6.07) is 5.48. The first-order valence-corrected chi connectivity index (χ1v) is 6.02. The van der Waals surface area contributed by atoms with Crippen molar-refractivity contribution in [2.45, 2.75) is 13.5 Å². The maximum atomic E-state index is 11.6. The molecule has 0 bridgehead atoms. The summed E-state index contributed by atoms with van der Waals surface area (Å²) in [5, 5.41) is 1.54. The summed E-state index contributed by atoms with van der Waals surface area (Å²) in [5.41, 5.74) is 0.147. The average molecular weight is 261 g/mol. The quantitative estimate of drug-likeness (QED) is 0.716. The Kier molecular flexibility index (Phi) is 2.33. The molecule has 2 rings (SSSR count). The zero-order valence-corrected chi connectivity index (χ0v) is 9.55. The fourth-order valence-corrected chi connectivity index (χ4v) is 3.63. The summed E-state index contributed by atoms with van der Waals surface area (Å²) in [6.45, 7) is 2.78. The Balaban J connectivity index is 2.84. The molecule has 2 nitrogen and oxygen atoms in total. The third-order valence-electron chi connectivity index (χ3n) is 1.90. The van der Waals surface area contributed by atoms with Gasteiger partial charge in [0.25, 0.3) is 0 Å². The standard InChI is InChI=1S/C9H8ClNOSe/c1-2-11-9(12)7-4-3-6(10)5-8(7)13-11/h3-5H,2H2,1H3. The number of hydrogen-bond donors (Lipinski definition) is 0.